The molecule has 0 saturated carbocycles. The van der Waals surface area contributed by atoms with E-state index in [9.17, 15) is 14.4 Å². The van der Waals surface area contributed by atoms with Gasteiger partial charge in [-0.3, -0.25) is 9.59 Å². The molecule has 8 nitrogen and oxygen atoms in total. The van der Waals surface area contributed by atoms with Gasteiger partial charge >= 0.3 is 5.97 Å². The number of methoxy groups -OCH3 is 1. The first-order chi connectivity index (χ1) is 15.5. The fraction of sp³-hybridized carbons (Fsp3) is 0.292. The van der Waals surface area contributed by atoms with Gasteiger partial charge in [-0.15, -0.1) is 0 Å². The first-order valence-electron chi connectivity index (χ1n) is 10.5. The van der Waals surface area contributed by atoms with E-state index in [1.54, 1.807) is 24.3 Å². The molecule has 2 amide bonds. The lowest BCUT2D eigenvalue weighted by Gasteiger charge is -2.17. The van der Waals surface area contributed by atoms with Gasteiger partial charge < -0.3 is 25.1 Å². The molecule has 0 aliphatic carbocycles. The SMILES string of the molecule is COC(=O)[C@@H](Cc1c[nH]c2ccccc12)NC(=O)c1cccc(NC(=O)C2CCCO2)c1. The zero-order chi connectivity index (χ0) is 22.5. The van der Waals surface area contributed by atoms with Gasteiger partial charge in [-0.1, -0.05) is 24.3 Å². The van der Waals surface area contributed by atoms with Crippen molar-refractivity contribution in [2.75, 3.05) is 19.0 Å². The minimum atomic E-state index is -0.864. The Morgan fingerprint density at radius 3 is 2.81 bits per heavy atom. The number of amides is 2. The van der Waals surface area contributed by atoms with Crippen LogP contribution in [0, 0.1) is 0 Å². The highest BCUT2D eigenvalue weighted by atomic mass is 16.5. The molecule has 2 heterocycles. The number of rotatable bonds is 7. The van der Waals surface area contributed by atoms with Crippen LogP contribution in [0.15, 0.2) is 54.7 Å². The van der Waals surface area contributed by atoms with Crippen LogP contribution < -0.4 is 10.6 Å². The average molecular weight is 435 g/mol. The maximum absolute atomic E-state index is 12.9. The number of aromatic nitrogens is 1. The number of carbonyl (C=O) groups excluding carboxylic acids is 3. The van der Waals surface area contributed by atoms with E-state index in [1.165, 1.54) is 7.11 Å². The number of nitrogens with one attached hydrogen (secondary N) is 3. The van der Waals surface area contributed by atoms with Crippen molar-refractivity contribution in [2.45, 2.75) is 31.4 Å². The predicted octanol–water partition coefficient (Wildman–Crippen LogP) is 2.80. The zero-order valence-electron chi connectivity index (χ0n) is 17.7. The number of benzene rings is 2. The van der Waals surface area contributed by atoms with Crippen LogP contribution in [0.4, 0.5) is 5.69 Å². The molecule has 1 saturated heterocycles. The summed E-state index contributed by atoms with van der Waals surface area (Å²) in [7, 11) is 1.29. The number of esters is 1. The summed E-state index contributed by atoms with van der Waals surface area (Å²) < 4.78 is 10.3. The summed E-state index contributed by atoms with van der Waals surface area (Å²) in [5.41, 5.74) is 2.66. The van der Waals surface area contributed by atoms with Crippen molar-refractivity contribution in [3.05, 3.63) is 65.9 Å². The van der Waals surface area contributed by atoms with E-state index in [0.717, 1.165) is 22.9 Å². The van der Waals surface area contributed by atoms with Gasteiger partial charge in [-0.25, -0.2) is 4.79 Å². The molecule has 166 valence electrons. The number of fused-ring (bicyclic) bond motifs is 1. The van der Waals surface area contributed by atoms with Gasteiger partial charge in [0, 0.05) is 41.4 Å². The summed E-state index contributed by atoms with van der Waals surface area (Å²) in [6.07, 6.45) is 3.17. The van der Waals surface area contributed by atoms with Crippen LogP contribution in [0.25, 0.3) is 10.9 Å². The van der Waals surface area contributed by atoms with Crippen LogP contribution in [0.5, 0.6) is 0 Å². The topological polar surface area (TPSA) is 110 Å². The fourth-order valence-electron chi connectivity index (χ4n) is 3.84. The standard InChI is InChI=1S/C24H25N3O5/c1-31-24(30)20(13-16-14-25-19-9-3-2-8-18(16)19)27-22(28)15-6-4-7-17(12-15)26-23(29)21-10-5-11-32-21/h2-4,6-9,12,14,20-21,25H,5,10-11,13H2,1H3,(H,26,29)(H,27,28)/t20-,21?/m1/s1. The third-order valence-electron chi connectivity index (χ3n) is 5.50. The summed E-state index contributed by atoms with van der Waals surface area (Å²) in [5, 5.41) is 6.52. The Balaban J connectivity index is 1.47. The Kier molecular flexibility index (Phi) is 6.51. The number of hydrogen-bond donors (Lipinski definition) is 3. The lowest BCUT2D eigenvalue weighted by atomic mass is 10.0. The van der Waals surface area contributed by atoms with Gasteiger partial charge in [0.05, 0.1) is 7.11 Å². The van der Waals surface area contributed by atoms with Crippen molar-refractivity contribution in [1.82, 2.24) is 10.3 Å². The Morgan fingerprint density at radius 2 is 2.03 bits per heavy atom. The van der Waals surface area contributed by atoms with Crippen LogP contribution in [-0.2, 0) is 25.5 Å². The maximum atomic E-state index is 12.9. The van der Waals surface area contributed by atoms with Crippen molar-refractivity contribution in [3.8, 4) is 0 Å². The van der Waals surface area contributed by atoms with E-state index < -0.39 is 24.0 Å². The molecule has 1 unspecified atom stereocenters. The molecule has 1 aromatic heterocycles. The molecular formula is C24H25N3O5. The van der Waals surface area contributed by atoms with Crippen LogP contribution in [-0.4, -0.2) is 48.6 Å². The molecule has 3 N–H and O–H groups in total. The number of para-hydroxylation sites is 1. The molecule has 32 heavy (non-hydrogen) atoms. The summed E-state index contributed by atoms with van der Waals surface area (Å²) >= 11 is 0. The van der Waals surface area contributed by atoms with Gasteiger partial charge in [0.1, 0.15) is 12.1 Å². The van der Waals surface area contributed by atoms with Crippen LogP contribution in [0.2, 0.25) is 0 Å². The molecule has 2 atom stereocenters. The second-order valence-electron chi connectivity index (χ2n) is 7.68. The minimum absolute atomic E-state index is 0.230. The number of H-pyrrole nitrogens is 1. The Hall–Kier alpha value is -3.65. The van der Waals surface area contributed by atoms with E-state index in [1.807, 2.05) is 30.5 Å². The van der Waals surface area contributed by atoms with Gasteiger partial charge in [0.2, 0.25) is 0 Å². The molecule has 1 fully saturated rings. The second-order valence-corrected chi connectivity index (χ2v) is 7.68. The molecule has 4 rings (SSSR count). The number of ether oxygens (including phenoxy) is 2. The summed E-state index contributed by atoms with van der Waals surface area (Å²) in [6.45, 7) is 0.575. The molecule has 8 heteroatoms. The molecule has 3 aromatic rings. The van der Waals surface area contributed by atoms with Crippen molar-refractivity contribution in [3.63, 3.8) is 0 Å². The predicted molar refractivity (Wildman–Crippen MR) is 119 cm³/mol. The number of carbonyl (C=O) groups is 3. The highest BCUT2D eigenvalue weighted by Gasteiger charge is 2.25. The summed E-state index contributed by atoms with van der Waals surface area (Å²) in [4.78, 5) is 40.7. The van der Waals surface area contributed by atoms with Crippen molar-refractivity contribution >= 4 is 34.4 Å². The fourth-order valence-corrected chi connectivity index (χ4v) is 3.84. The Morgan fingerprint density at radius 1 is 1.19 bits per heavy atom. The van der Waals surface area contributed by atoms with Crippen molar-refractivity contribution in [1.29, 1.82) is 0 Å². The minimum Gasteiger partial charge on any atom is -0.467 e. The first kappa shape index (κ1) is 21.6. The molecule has 1 aliphatic rings. The normalized spacial score (nSPS) is 16.5. The molecular weight excluding hydrogens is 410 g/mol. The van der Waals surface area contributed by atoms with E-state index in [0.29, 0.717) is 24.3 Å². The summed E-state index contributed by atoms with van der Waals surface area (Å²) in [6, 6.07) is 13.4. The summed E-state index contributed by atoms with van der Waals surface area (Å²) in [5.74, 6) is -1.20. The van der Waals surface area contributed by atoms with Crippen molar-refractivity contribution < 1.29 is 23.9 Å². The zero-order valence-corrected chi connectivity index (χ0v) is 17.7. The number of anilines is 1. The largest absolute Gasteiger partial charge is 0.467 e. The third-order valence-corrected chi connectivity index (χ3v) is 5.50. The quantitative estimate of drug-likeness (QED) is 0.495. The molecule has 0 bridgehead atoms. The van der Waals surface area contributed by atoms with Gasteiger partial charge in [0.25, 0.3) is 11.8 Å². The van der Waals surface area contributed by atoms with Crippen LogP contribution in [0.3, 0.4) is 0 Å². The highest BCUT2D eigenvalue weighted by Crippen LogP contribution is 2.20. The number of hydrogen-bond acceptors (Lipinski definition) is 5. The monoisotopic (exact) mass is 435 g/mol. The molecule has 0 spiro atoms. The highest BCUT2D eigenvalue weighted by molar-refractivity contribution is 5.99. The number of aromatic amines is 1. The Bertz CT molecular complexity index is 1130. The van der Waals surface area contributed by atoms with E-state index in [-0.39, 0.29) is 12.3 Å². The van der Waals surface area contributed by atoms with Gasteiger partial charge in [-0.2, -0.15) is 0 Å². The molecule has 2 aromatic carbocycles. The van der Waals surface area contributed by atoms with Crippen LogP contribution in [0.1, 0.15) is 28.8 Å². The first-order valence-corrected chi connectivity index (χ1v) is 10.5. The van der Waals surface area contributed by atoms with Gasteiger partial charge in [0.15, 0.2) is 0 Å². The lowest BCUT2D eigenvalue weighted by molar-refractivity contribution is -0.142. The molecule has 0 radical (unpaired) electrons. The second kappa shape index (κ2) is 9.65. The van der Waals surface area contributed by atoms with Crippen LogP contribution >= 0.6 is 0 Å². The van der Waals surface area contributed by atoms with Crippen molar-refractivity contribution in [2.24, 2.45) is 0 Å². The van der Waals surface area contributed by atoms with E-state index in [4.69, 9.17) is 9.47 Å². The Labute approximate surface area is 185 Å². The van der Waals surface area contributed by atoms with E-state index >= 15 is 0 Å². The van der Waals surface area contributed by atoms with E-state index in [2.05, 4.69) is 15.6 Å². The lowest BCUT2D eigenvalue weighted by Crippen LogP contribution is -2.43. The molecule has 1 aliphatic heterocycles. The van der Waals surface area contributed by atoms with Gasteiger partial charge in [-0.05, 0) is 42.7 Å². The average Bonchev–Trinajstić information content (AvgIpc) is 3.49. The maximum Gasteiger partial charge on any atom is 0.328 e. The smallest absolute Gasteiger partial charge is 0.328 e. The third kappa shape index (κ3) is 4.81.